The first-order chi connectivity index (χ1) is 5.77. The van der Waals surface area contributed by atoms with Crippen LogP contribution in [-0.2, 0) is 6.42 Å². The van der Waals surface area contributed by atoms with Crippen molar-refractivity contribution in [3.05, 3.63) is 33.8 Å². The predicted octanol–water partition coefficient (Wildman–Crippen LogP) is 2.82. The summed E-state index contributed by atoms with van der Waals surface area (Å²) in [5.74, 6) is 0. The second-order valence-electron chi connectivity index (χ2n) is 2.44. The summed E-state index contributed by atoms with van der Waals surface area (Å²) in [5.41, 5.74) is 2.13. The van der Waals surface area contributed by atoms with Crippen molar-refractivity contribution in [2.24, 2.45) is 5.16 Å². The van der Waals surface area contributed by atoms with Gasteiger partial charge in [-0.3, -0.25) is 0 Å². The molecule has 64 valence electrons. The Kier molecular flexibility index (Phi) is 3.29. The SMILES string of the molecule is CCc1cc(Br)ccc1/C=N/O. The lowest BCUT2D eigenvalue weighted by Gasteiger charge is -2.01. The molecule has 3 heteroatoms. The van der Waals surface area contributed by atoms with Gasteiger partial charge in [-0.2, -0.15) is 0 Å². The van der Waals surface area contributed by atoms with E-state index in [1.807, 2.05) is 18.2 Å². The summed E-state index contributed by atoms with van der Waals surface area (Å²) in [6.07, 6.45) is 2.38. The van der Waals surface area contributed by atoms with Gasteiger partial charge in [-0.1, -0.05) is 34.1 Å². The number of hydrogen-bond acceptors (Lipinski definition) is 2. The van der Waals surface area contributed by atoms with Gasteiger partial charge in [0, 0.05) is 4.47 Å². The first kappa shape index (κ1) is 9.26. The summed E-state index contributed by atoms with van der Waals surface area (Å²) in [5, 5.41) is 11.4. The summed E-state index contributed by atoms with van der Waals surface area (Å²) in [4.78, 5) is 0. The highest BCUT2D eigenvalue weighted by atomic mass is 79.9. The average Bonchev–Trinajstić information content (AvgIpc) is 2.08. The molecule has 1 aromatic rings. The van der Waals surface area contributed by atoms with Gasteiger partial charge in [-0.25, -0.2) is 0 Å². The first-order valence-corrected chi connectivity index (χ1v) is 4.53. The third-order valence-electron chi connectivity index (χ3n) is 1.68. The fraction of sp³-hybridized carbons (Fsp3) is 0.222. The van der Waals surface area contributed by atoms with Crippen LogP contribution >= 0.6 is 15.9 Å². The maximum Gasteiger partial charge on any atom is 0.0736 e. The van der Waals surface area contributed by atoms with Gasteiger partial charge in [0.05, 0.1) is 6.21 Å². The maximum atomic E-state index is 8.37. The lowest BCUT2D eigenvalue weighted by molar-refractivity contribution is 0.322. The molecule has 0 saturated carbocycles. The molecule has 1 rings (SSSR count). The number of rotatable bonds is 2. The molecule has 0 amide bonds. The molecule has 0 unspecified atom stereocenters. The summed E-state index contributed by atoms with van der Waals surface area (Å²) < 4.78 is 1.05. The lowest BCUT2D eigenvalue weighted by atomic mass is 10.1. The fourth-order valence-electron chi connectivity index (χ4n) is 1.07. The van der Waals surface area contributed by atoms with Crippen LogP contribution in [0.1, 0.15) is 18.1 Å². The molecule has 0 aliphatic heterocycles. The van der Waals surface area contributed by atoms with Crippen LogP contribution < -0.4 is 0 Å². The highest BCUT2D eigenvalue weighted by Gasteiger charge is 1.98. The Morgan fingerprint density at radius 1 is 1.58 bits per heavy atom. The van der Waals surface area contributed by atoms with Crippen molar-refractivity contribution in [1.82, 2.24) is 0 Å². The maximum absolute atomic E-state index is 8.37. The number of aryl methyl sites for hydroxylation is 1. The van der Waals surface area contributed by atoms with Crippen LogP contribution in [0.2, 0.25) is 0 Å². The molecule has 0 atom stereocenters. The Morgan fingerprint density at radius 2 is 2.33 bits per heavy atom. The standard InChI is InChI=1S/C9H10BrNO/c1-2-7-5-9(10)4-3-8(7)6-11-12/h3-6,12H,2H2,1H3/b11-6+. The van der Waals surface area contributed by atoms with Gasteiger partial charge in [0.2, 0.25) is 0 Å². The minimum atomic E-state index is 0.931. The van der Waals surface area contributed by atoms with Crippen LogP contribution in [-0.4, -0.2) is 11.4 Å². The van der Waals surface area contributed by atoms with Gasteiger partial charge < -0.3 is 5.21 Å². The highest BCUT2D eigenvalue weighted by molar-refractivity contribution is 9.10. The van der Waals surface area contributed by atoms with E-state index in [0.717, 1.165) is 16.5 Å². The summed E-state index contributed by atoms with van der Waals surface area (Å²) in [6.45, 7) is 2.07. The Balaban J connectivity index is 3.10. The van der Waals surface area contributed by atoms with Crippen molar-refractivity contribution >= 4 is 22.1 Å². The van der Waals surface area contributed by atoms with Crippen LogP contribution in [0.5, 0.6) is 0 Å². The Morgan fingerprint density at radius 3 is 2.92 bits per heavy atom. The largest absolute Gasteiger partial charge is 0.411 e. The number of nitrogens with zero attached hydrogens (tertiary/aromatic N) is 1. The molecule has 0 aromatic heterocycles. The second-order valence-corrected chi connectivity index (χ2v) is 3.36. The first-order valence-electron chi connectivity index (χ1n) is 3.73. The normalized spacial score (nSPS) is 10.8. The Labute approximate surface area is 80.0 Å². The van der Waals surface area contributed by atoms with Crippen molar-refractivity contribution < 1.29 is 5.21 Å². The van der Waals surface area contributed by atoms with E-state index in [1.54, 1.807) is 0 Å². The van der Waals surface area contributed by atoms with E-state index in [-0.39, 0.29) is 0 Å². The van der Waals surface area contributed by atoms with Crippen LogP contribution in [0.15, 0.2) is 27.8 Å². The van der Waals surface area contributed by atoms with E-state index in [0.29, 0.717) is 0 Å². The lowest BCUT2D eigenvalue weighted by Crippen LogP contribution is -1.90. The fourth-order valence-corrected chi connectivity index (χ4v) is 1.48. The number of hydrogen-bond donors (Lipinski definition) is 1. The van der Waals surface area contributed by atoms with Crippen LogP contribution in [0.4, 0.5) is 0 Å². The molecule has 0 radical (unpaired) electrons. The van der Waals surface area contributed by atoms with E-state index < -0.39 is 0 Å². The van der Waals surface area contributed by atoms with Gasteiger partial charge in [0.1, 0.15) is 0 Å². The second kappa shape index (κ2) is 4.26. The van der Waals surface area contributed by atoms with Crippen molar-refractivity contribution in [3.63, 3.8) is 0 Å². The topological polar surface area (TPSA) is 32.6 Å². The third kappa shape index (κ3) is 2.08. The summed E-state index contributed by atoms with van der Waals surface area (Å²) >= 11 is 3.38. The molecule has 0 aliphatic rings. The predicted molar refractivity (Wildman–Crippen MR) is 52.9 cm³/mol. The highest BCUT2D eigenvalue weighted by Crippen LogP contribution is 2.15. The molecule has 1 aromatic carbocycles. The smallest absolute Gasteiger partial charge is 0.0736 e. The molecular formula is C9H10BrNO. The molecule has 0 heterocycles. The molecule has 0 saturated heterocycles. The summed E-state index contributed by atoms with van der Waals surface area (Å²) in [7, 11) is 0. The van der Waals surface area contributed by atoms with Crippen molar-refractivity contribution in [2.45, 2.75) is 13.3 Å². The molecule has 0 spiro atoms. The molecule has 0 bridgehead atoms. The molecule has 1 N–H and O–H groups in total. The quantitative estimate of drug-likeness (QED) is 0.471. The monoisotopic (exact) mass is 227 g/mol. The molecular weight excluding hydrogens is 218 g/mol. The Bertz CT molecular complexity index is 297. The zero-order valence-corrected chi connectivity index (χ0v) is 8.37. The molecule has 0 aliphatic carbocycles. The van der Waals surface area contributed by atoms with Crippen LogP contribution in [0.3, 0.4) is 0 Å². The average molecular weight is 228 g/mol. The van der Waals surface area contributed by atoms with Crippen molar-refractivity contribution in [2.75, 3.05) is 0 Å². The third-order valence-corrected chi connectivity index (χ3v) is 2.18. The minimum absolute atomic E-state index is 0.931. The Hall–Kier alpha value is -0.830. The van der Waals surface area contributed by atoms with E-state index in [1.165, 1.54) is 11.8 Å². The molecule has 12 heavy (non-hydrogen) atoms. The van der Waals surface area contributed by atoms with Gasteiger partial charge in [0.25, 0.3) is 0 Å². The van der Waals surface area contributed by atoms with Gasteiger partial charge in [-0.05, 0) is 29.7 Å². The summed E-state index contributed by atoms with van der Waals surface area (Å²) in [6, 6.07) is 5.87. The van der Waals surface area contributed by atoms with Crippen molar-refractivity contribution in [1.29, 1.82) is 0 Å². The number of halogens is 1. The molecule has 0 fully saturated rings. The zero-order valence-electron chi connectivity index (χ0n) is 6.79. The van der Waals surface area contributed by atoms with E-state index >= 15 is 0 Å². The zero-order chi connectivity index (χ0) is 8.97. The minimum Gasteiger partial charge on any atom is -0.411 e. The van der Waals surface area contributed by atoms with Crippen LogP contribution in [0.25, 0.3) is 0 Å². The number of oxime groups is 1. The van der Waals surface area contributed by atoms with Gasteiger partial charge >= 0.3 is 0 Å². The van der Waals surface area contributed by atoms with Crippen LogP contribution in [0, 0.1) is 0 Å². The van der Waals surface area contributed by atoms with E-state index in [4.69, 9.17) is 5.21 Å². The molecule has 2 nitrogen and oxygen atoms in total. The van der Waals surface area contributed by atoms with E-state index in [2.05, 4.69) is 28.0 Å². The van der Waals surface area contributed by atoms with Gasteiger partial charge in [-0.15, -0.1) is 0 Å². The number of benzene rings is 1. The van der Waals surface area contributed by atoms with E-state index in [9.17, 15) is 0 Å². The van der Waals surface area contributed by atoms with Crippen molar-refractivity contribution in [3.8, 4) is 0 Å². The van der Waals surface area contributed by atoms with Gasteiger partial charge in [0.15, 0.2) is 0 Å².